The fourth-order valence-corrected chi connectivity index (χ4v) is 2.98. The van der Waals surface area contributed by atoms with Crippen LogP contribution in [0.15, 0.2) is 16.5 Å². The van der Waals surface area contributed by atoms with Gasteiger partial charge in [-0.05, 0) is 44.4 Å². The van der Waals surface area contributed by atoms with Crippen molar-refractivity contribution in [2.24, 2.45) is 5.92 Å². The van der Waals surface area contributed by atoms with Gasteiger partial charge >= 0.3 is 0 Å². The van der Waals surface area contributed by atoms with E-state index < -0.39 is 0 Å². The molecule has 0 aromatic carbocycles. The molecule has 2 saturated heterocycles. The number of aryl methyl sites for hydroxylation is 1. The van der Waals surface area contributed by atoms with Crippen molar-refractivity contribution in [2.75, 3.05) is 19.6 Å². The van der Waals surface area contributed by atoms with Crippen LogP contribution in [0.25, 0.3) is 0 Å². The van der Waals surface area contributed by atoms with E-state index in [1.165, 1.54) is 19.5 Å². The summed E-state index contributed by atoms with van der Waals surface area (Å²) in [5.74, 6) is 1.90. The third-order valence-corrected chi connectivity index (χ3v) is 3.77. The monoisotopic (exact) mass is 234 g/mol. The van der Waals surface area contributed by atoms with E-state index >= 15 is 0 Å². The van der Waals surface area contributed by atoms with E-state index in [9.17, 15) is 4.79 Å². The summed E-state index contributed by atoms with van der Waals surface area (Å²) in [5, 5.41) is 3.07. The first-order valence-corrected chi connectivity index (χ1v) is 6.30. The van der Waals surface area contributed by atoms with Gasteiger partial charge in [-0.25, -0.2) is 0 Å². The molecule has 2 aliphatic rings. The molecule has 92 valence electrons. The molecule has 1 aromatic rings. The molecule has 2 bridgehead atoms. The molecule has 1 aromatic heterocycles. The first-order valence-electron chi connectivity index (χ1n) is 6.30. The van der Waals surface area contributed by atoms with Gasteiger partial charge in [-0.15, -0.1) is 0 Å². The minimum Gasteiger partial charge on any atom is -0.456 e. The van der Waals surface area contributed by atoms with E-state index in [1.807, 2.05) is 13.0 Å². The Balaban J connectivity index is 1.62. The van der Waals surface area contributed by atoms with Crippen molar-refractivity contribution < 1.29 is 9.21 Å². The van der Waals surface area contributed by atoms with E-state index in [0.717, 1.165) is 24.6 Å². The maximum atomic E-state index is 11.9. The molecule has 0 saturated carbocycles. The third-order valence-electron chi connectivity index (χ3n) is 3.77. The summed E-state index contributed by atoms with van der Waals surface area (Å²) in [5.41, 5.74) is 0. The van der Waals surface area contributed by atoms with Crippen LogP contribution in [0.3, 0.4) is 0 Å². The number of carbonyl (C=O) groups excluding carboxylic acids is 1. The van der Waals surface area contributed by atoms with Gasteiger partial charge in [0.1, 0.15) is 5.76 Å². The van der Waals surface area contributed by atoms with Crippen LogP contribution in [-0.4, -0.2) is 36.5 Å². The van der Waals surface area contributed by atoms with Gasteiger partial charge in [0.05, 0.1) is 0 Å². The zero-order valence-corrected chi connectivity index (χ0v) is 10.1. The molecule has 1 N–H and O–H groups in total. The molecule has 0 spiro atoms. The Bertz CT molecular complexity index is 415. The fraction of sp³-hybridized carbons (Fsp3) is 0.615. The molecule has 17 heavy (non-hydrogen) atoms. The lowest BCUT2D eigenvalue weighted by Gasteiger charge is -2.30. The lowest BCUT2D eigenvalue weighted by atomic mass is 9.97. The van der Waals surface area contributed by atoms with Gasteiger partial charge in [-0.3, -0.25) is 4.79 Å². The Morgan fingerprint density at radius 1 is 1.47 bits per heavy atom. The Labute approximate surface area is 101 Å². The van der Waals surface area contributed by atoms with Crippen molar-refractivity contribution in [3.8, 4) is 0 Å². The number of piperidine rings is 1. The summed E-state index contributed by atoms with van der Waals surface area (Å²) < 4.78 is 5.33. The van der Waals surface area contributed by atoms with Gasteiger partial charge < -0.3 is 14.6 Å². The van der Waals surface area contributed by atoms with Crippen molar-refractivity contribution in [2.45, 2.75) is 25.8 Å². The summed E-state index contributed by atoms with van der Waals surface area (Å²) in [6.45, 7) is 5.24. The lowest BCUT2D eigenvalue weighted by molar-refractivity contribution is 0.0880. The molecule has 2 aliphatic heterocycles. The van der Waals surface area contributed by atoms with Gasteiger partial charge in [0.25, 0.3) is 5.91 Å². The van der Waals surface area contributed by atoms with E-state index in [0.29, 0.717) is 5.76 Å². The van der Waals surface area contributed by atoms with E-state index in [1.54, 1.807) is 6.07 Å². The van der Waals surface area contributed by atoms with Gasteiger partial charge in [-0.1, -0.05) is 0 Å². The predicted octanol–water partition coefficient (Wildman–Crippen LogP) is 1.41. The molecule has 1 unspecified atom stereocenters. The van der Waals surface area contributed by atoms with Crippen molar-refractivity contribution >= 4 is 5.91 Å². The Kier molecular flexibility index (Phi) is 2.67. The van der Waals surface area contributed by atoms with Gasteiger partial charge in [-0.2, -0.15) is 0 Å². The number of amides is 1. The minimum atomic E-state index is -0.0781. The highest BCUT2D eigenvalue weighted by Gasteiger charge is 2.33. The molecule has 4 nitrogen and oxygen atoms in total. The molecule has 1 amide bonds. The molecule has 0 radical (unpaired) electrons. The topological polar surface area (TPSA) is 45.5 Å². The van der Waals surface area contributed by atoms with Gasteiger partial charge in [0.15, 0.2) is 5.76 Å². The average Bonchev–Trinajstić information content (AvgIpc) is 2.85. The summed E-state index contributed by atoms with van der Waals surface area (Å²) in [4.78, 5) is 14.4. The zero-order valence-electron chi connectivity index (χ0n) is 10.1. The van der Waals surface area contributed by atoms with Crippen LogP contribution in [0.5, 0.6) is 0 Å². The van der Waals surface area contributed by atoms with Crippen LogP contribution in [0.4, 0.5) is 0 Å². The molecular formula is C13H18N2O2. The number of fused-ring (bicyclic) bond motifs is 2. The van der Waals surface area contributed by atoms with E-state index in [2.05, 4.69) is 10.2 Å². The van der Waals surface area contributed by atoms with Crippen molar-refractivity contribution in [3.05, 3.63) is 23.7 Å². The standard InChI is InChI=1S/C13H18N2O2/c1-9-2-3-12(17-9)13(16)14-11-6-10-4-5-15(7-10)8-11/h2-3,10-11H,4-8H2,1H3,(H,14,16)/t10-,11+/m0/s1. The zero-order chi connectivity index (χ0) is 11.8. The second-order valence-corrected chi connectivity index (χ2v) is 5.23. The van der Waals surface area contributed by atoms with Crippen molar-refractivity contribution in [1.29, 1.82) is 0 Å². The number of nitrogens with one attached hydrogen (secondary N) is 1. The number of nitrogens with zero attached hydrogens (tertiary/aromatic N) is 1. The maximum Gasteiger partial charge on any atom is 0.287 e. The minimum absolute atomic E-state index is 0.0781. The molecule has 3 heterocycles. The third kappa shape index (κ3) is 2.22. The second kappa shape index (κ2) is 4.18. The van der Waals surface area contributed by atoms with Crippen LogP contribution < -0.4 is 5.32 Å². The highest BCUT2D eigenvalue weighted by molar-refractivity contribution is 5.91. The average molecular weight is 234 g/mol. The van der Waals surface area contributed by atoms with E-state index in [4.69, 9.17) is 4.42 Å². The van der Waals surface area contributed by atoms with Crippen LogP contribution in [-0.2, 0) is 0 Å². The first-order chi connectivity index (χ1) is 8.20. The predicted molar refractivity (Wildman–Crippen MR) is 63.9 cm³/mol. The van der Waals surface area contributed by atoms with Crippen molar-refractivity contribution in [1.82, 2.24) is 10.2 Å². The summed E-state index contributed by atoms with van der Waals surface area (Å²) in [7, 11) is 0. The smallest absolute Gasteiger partial charge is 0.287 e. The quantitative estimate of drug-likeness (QED) is 0.841. The highest BCUT2D eigenvalue weighted by atomic mass is 16.3. The number of rotatable bonds is 2. The Hall–Kier alpha value is -1.29. The van der Waals surface area contributed by atoms with Crippen molar-refractivity contribution in [3.63, 3.8) is 0 Å². The summed E-state index contributed by atoms with van der Waals surface area (Å²) in [6, 6.07) is 3.85. The molecule has 3 rings (SSSR count). The van der Waals surface area contributed by atoms with Crippen LogP contribution >= 0.6 is 0 Å². The van der Waals surface area contributed by atoms with Crippen LogP contribution in [0, 0.1) is 12.8 Å². The van der Waals surface area contributed by atoms with Crippen LogP contribution in [0.1, 0.15) is 29.2 Å². The number of hydrogen-bond donors (Lipinski definition) is 1. The normalized spacial score (nSPS) is 31.5. The van der Waals surface area contributed by atoms with E-state index in [-0.39, 0.29) is 11.9 Å². The maximum absolute atomic E-state index is 11.9. The highest BCUT2D eigenvalue weighted by Crippen LogP contribution is 2.26. The Morgan fingerprint density at radius 2 is 2.35 bits per heavy atom. The SMILES string of the molecule is Cc1ccc(C(=O)N[C@@H]2C[C@@H]3CCN(C3)C2)o1. The largest absolute Gasteiger partial charge is 0.456 e. The van der Waals surface area contributed by atoms with Crippen LogP contribution in [0.2, 0.25) is 0 Å². The molecule has 2 fully saturated rings. The molecular weight excluding hydrogens is 216 g/mol. The fourth-order valence-electron chi connectivity index (χ4n) is 2.98. The second-order valence-electron chi connectivity index (χ2n) is 5.23. The van der Waals surface area contributed by atoms with Gasteiger partial charge in [0, 0.05) is 19.1 Å². The first kappa shape index (κ1) is 10.8. The summed E-state index contributed by atoms with van der Waals surface area (Å²) >= 11 is 0. The number of hydrogen-bond acceptors (Lipinski definition) is 3. The molecule has 3 atom stereocenters. The summed E-state index contributed by atoms with van der Waals surface area (Å²) in [6.07, 6.45) is 2.40. The lowest BCUT2D eigenvalue weighted by Crippen LogP contribution is -2.46. The number of carbonyl (C=O) groups is 1. The van der Waals surface area contributed by atoms with Gasteiger partial charge in [0.2, 0.25) is 0 Å². The number of furan rings is 1. The molecule has 4 heteroatoms. The molecule has 0 aliphatic carbocycles. The Morgan fingerprint density at radius 3 is 3.06 bits per heavy atom.